The fourth-order valence-corrected chi connectivity index (χ4v) is 1.27. The third kappa shape index (κ3) is 5.09. The quantitative estimate of drug-likeness (QED) is 0.681. The van der Waals surface area contributed by atoms with Crippen LogP contribution in [-0.2, 0) is 11.3 Å². The van der Waals surface area contributed by atoms with Crippen LogP contribution >= 0.6 is 0 Å². The molecule has 4 nitrogen and oxygen atoms in total. The first-order valence-corrected chi connectivity index (χ1v) is 5.63. The molecule has 0 bridgehead atoms. The minimum absolute atomic E-state index is 0.722. The zero-order chi connectivity index (χ0) is 11.6. The average Bonchev–Trinajstić information content (AvgIpc) is 2.33. The Morgan fingerprint density at radius 1 is 1.31 bits per heavy atom. The molecule has 1 rings (SSSR count). The topological polar surface area (TPSA) is 43.4 Å². The maximum Gasteiger partial charge on any atom is 0.137 e. The summed E-state index contributed by atoms with van der Waals surface area (Å²) in [6, 6.07) is 2.02. The van der Waals surface area contributed by atoms with Crippen LogP contribution in [-0.4, -0.2) is 31.9 Å². The lowest BCUT2D eigenvalue weighted by Crippen LogP contribution is -2.18. The number of methoxy groups -OCH3 is 1. The maximum absolute atomic E-state index is 5.51. The van der Waals surface area contributed by atoms with E-state index in [0.29, 0.717) is 0 Å². The van der Waals surface area contributed by atoms with Crippen LogP contribution in [0.3, 0.4) is 0 Å². The van der Waals surface area contributed by atoms with E-state index in [1.54, 1.807) is 13.3 Å². The summed E-state index contributed by atoms with van der Waals surface area (Å²) in [6.45, 7) is 5.18. The third-order valence-corrected chi connectivity index (χ3v) is 2.05. The van der Waals surface area contributed by atoms with Crippen LogP contribution in [0.25, 0.3) is 0 Å². The van der Waals surface area contributed by atoms with Crippen molar-refractivity contribution in [3.63, 3.8) is 0 Å². The minimum atomic E-state index is 0.722. The van der Waals surface area contributed by atoms with E-state index in [2.05, 4.69) is 17.2 Å². The number of nitrogens with one attached hydrogen (secondary N) is 1. The van der Waals surface area contributed by atoms with Crippen molar-refractivity contribution in [2.75, 3.05) is 26.9 Å². The number of rotatable bonds is 8. The molecule has 0 unspecified atom stereocenters. The van der Waals surface area contributed by atoms with Crippen molar-refractivity contribution in [1.82, 2.24) is 10.3 Å². The van der Waals surface area contributed by atoms with Gasteiger partial charge in [-0.3, -0.25) is 4.98 Å². The van der Waals surface area contributed by atoms with E-state index in [4.69, 9.17) is 9.47 Å². The van der Waals surface area contributed by atoms with Gasteiger partial charge in [-0.1, -0.05) is 6.92 Å². The van der Waals surface area contributed by atoms with E-state index in [-0.39, 0.29) is 0 Å². The molecule has 0 saturated heterocycles. The Hall–Kier alpha value is -1.13. The van der Waals surface area contributed by atoms with E-state index in [9.17, 15) is 0 Å². The Kier molecular flexibility index (Phi) is 6.53. The van der Waals surface area contributed by atoms with Gasteiger partial charge in [-0.2, -0.15) is 0 Å². The van der Waals surface area contributed by atoms with Gasteiger partial charge in [-0.15, -0.1) is 0 Å². The van der Waals surface area contributed by atoms with Gasteiger partial charge in [-0.05, 0) is 18.1 Å². The second-order valence-electron chi connectivity index (χ2n) is 3.55. The van der Waals surface area contributed by atoms with Crippen molar-refractivity contribution in [2.45, 2.75) is 19.9 Å². The molecule has 16 heavy (non-hydrogen) atoms. The second kappa shape index (κ2) is 8.07. The van der Waals surface area contributed by atoms with Gasteiger partial charge in [0.25, 0.3) is 0 Å². The first-order valence-electron chi connectivity index (χ1n) is 5.63. The van der Waals surface area contributed by atoms with Gasteiger partial charge in [0.1, 0.15) is 5.75 Å². The molecular weight excluding hydrogens is 204 g/mol. The molecule has 1 aromatic rings. The molecule has 0 atom stereocenters. The summed E-state index contributed by atoms with van der Waals surface area (Å²) in [5.41, 5.74) is 1.13. The number of hydrogen-bond donors (Lipinski definition) is 1. The van der Waals surface area contributed by atoms with Gasteiger partial charge in [0.2, 0.25) is 0 Å². The predicted molar refractivity (Wildman–Crippen MR) is 63.6 cm³/mol. The molecule has 0 aliphatic rings. The summed E-state index contributed by atoms with van der Waals surface area (Å²) < 4.78 is 10.5. The van der Waals surface area contributed by atoms with Crippen LogP contribution in [0.5, 0.6) is 5.75 Å². The van der Waals surface area contributed by atoms with Crippen molar-refractivity contribution in [1.29, 1.82) is 0 Å². The lowest BCUT2D eigenvalue weighted by molar-refractivity contribution is 0.199. The number of ether oxygens (including phenoxy) is 2. The Labute approximate surface area is 97.0 Å². The fraction of sp³-hybridized carbons (Fsp3) is 0.583. The van der Waals surface area contributed by atoms with Crippen molar-refractivity contribution in [3.05, 3.63) is 24.0 Å². The molecule has 1 N–H and O–H groups in total. The van der Waals surface area contributed by atoms with Crippen LogP contribution in [0.4, 0.5) is 0 Å². The monoisotopic (exact) mass is 224 g/mol. The van der Waals surface area contributed by atoms with Gasteiger partial charge in [0.05, 0.1) is 19.4 Å². The highest BCUT2D eigenvalue weighted by molar-refractivity contribution is 5.23. The molecule has 90 valence electrons. The molecule has 0 radical (unpaired) electrons. The highest BCUT2D eigenvalue weighted by Crippen LogP contribution is 2.11. The molecule has 0 amide bonds. The van der Waals surface area contributed by atoms with E-state index in [0.717, 1.165) is 44.0 Å². The second-order valence-corrected chi connectivity index (χ2v) is 3.55. The number of pyridine rings is 1. The first-order chi connectivity index (χ1) is 7.86. The molecule has 4 heteroatoms. The SMILES string of the molecule is CCCOc1cncc(CNCCOC)c1. The van der Waals surface area contributed by atoms with Crippen LogP contribution in [0.15, 0.2) is 18.5 Å². The lowest BCUT2D eigenvalue weighted by atomic mass is 10.3. The Bertz CT molecular complexity index is 292. The van der Waals surface area contributed by atoms with E-state index in [1.165, 1.54) is 0 Å². The summed E-state index contributed by atoms with van der Waals surface area (Å²) in [5, 5.41) is 3.27. The molecule has 0 spiro atoms. The molecule has 0 fully saturated rings. The van der Waals surface area contributed by atoms with Crippen LogP contribution in [0.2, 0.25) is 0 Å². The van der Waals surface area contributed by atoms with Gasteiger partial charge in [0, 0.05) is 26.4 Å². The van der Waals surface area contributed by atoms with Gasteiger partial charge in [-0.25, -0.2) is 0 Å². The van der Waals surface area contributed by atoms with Gasteiger partial charge < -0.3 is 14.8 Å². The number of aromatic nitrogens is 1. The van der Waals surface area contributed by atoms with Crippen molar-refractivity contribution in [3.8, 4) is 5.75 Å². The smallest absolute Gasteiger partial charge is 0.137 e. The third-order valence-electron chi connectivity index (χ3n) is 2.05. The van der Waals surface area contributed by atoms with Crippen LogP contribution < -0.4 is 10.1 Å². The molecule has 0 aliphatic heterocycles. The van der Waals surface area contributed by atoms with Crippen molar-refractivity contribution in [2.24, 2.45) is 0 Å². The predicted octanol–water partition coefficient (Wildman–Crippen LogP) is 1.61. The highest BCUT2D eigenvalue weighted by atomic mass is 16.5. The van der Waals surface area contributed by atoms with Gasteiger partial charge in [0.15, 0.2) is 0 Å². The summed E-state index contributed by atoms with van der Waals surface area (Å²) in [7, 11) is 1.70. The first kappa shape index (κ1) is 12.9. The molecule has 1 heterocycles. The van der Waals surface area contributed by atoms with E-state index >= 15 is 0 Å². The number of hydrogen-bond acceptors (Lipinski definition) is 4. The minimum Gasteiger partial charge on any atom is -0.492 e. The van der Waals surface area contributed by atoms with Crippen molar-refractivity contribution >= 4 is 0 Å². The summed E-state index contributed by atoms with van der Waals surface area (Å²) in [6.07, 6.45) is 4.60. The molecule has 0 aromatic carbocycles. The highest BCUT2D eigenvalue weighted by Gasteiger charge is 1.97. The molecular formula is C12H20N2O2. The van der Waals surface area contributed by atoms with Crippen LogP contribution in [0.1, 0.15) is 18.9 Å². The number of nitrogens with zero attached hydrogens (tertiary/aromatic N) is 1. The summed E-state index contributed by atoms with van der Waals surface area (Å²) >= 11 is 0. The van der Waals surface area contributed by atoms with Crippen molar-refractivity contribution < 1.29 is 9.47 Å². The lowest BCUT2D eigenvalue weighted by Gasteiger charge is -2.07. The average molecular weight is 224 g/mol. The zero-order valence-electron chi connectivity index (χ0n) is 10.0. The molecule has 0 saturated carbocycles. The molecule has 1 aromatic heterocycles. The standard InChI is InChI=1S/C12H20N2O2/c1-3-5-16-12-7-11(9-14-10-12)8-13-4-6-15-2/h7,9-10,13H,3-6,8H2,1-2H3. The fourth-order valence-electron chi connectivity index (χ4n) is 1.27. The zero-order valence-corrected chi connectivity index (χ0v) is 10.0. The Balaban J connectivity index is 2.35. The van der Waals surface area contributed by atoms with Crippen LogP contribution in [0, 0.1) is 0 Å². The Morgan fingerprint density at radius 3 is 2.94 bits per heavy atom. The maximum atomic E-state index is 5.51. The Morgan fingerprint density at radius 2 is 2.19 bits per heavy atom. The summed E-state index contributed by atoms with van der Waals surface area (Å²) in [4.78, 5) is 4.14. The normalized spacial score (nSPS) is 10.4. The molecule has 0 aliphatic carbocycles. The summed E-state index contributed by atoms with van der Waals surface area (Å²) in [5.74, 6) is 0.841. The largest absolute Gasteiger partial charge is 0.492 e. The van der Waals surface area contributed by atoms with E-state index < -0.39 is 0 Å². The van der Waals surface area contributed by atoms with Gasteiger partial charge >= 0.3 is 0 Å². The van der Waals surface area contributed by atoms with E-state index in [1.807, 2.05) is 12.3 Å².